The van der Waals surface area contributed by atoms with Crippen LogP contribution >= 0.6 is 0 Å². The molecule has 2 heterocycles. The SMILES string of the molecule is CC[C@@H]1CN(C(=O)COc2cccnc2)CCC(=O)N1Cc1ccccc1. The minimum Gasteiger partial charge on any atom is -0.482 e. The molecule has 1 atom stereocenters. The number of pyridine rings is 1. The average molecular weight is 367 g/mol. The van der Waals surface area contributed by atoms with Gasteiger partial charge in [-0.25, -0.2) is 0 Å². The Kier molecular flexibility index (Phi) is 6.41. The van der Waals surface area contributed by atoms with Crippen LogP contribution in [0.5, 0.6) is 5.75 Å². The van der Waals surface area contributed by atoms with Crippen molar-refractivity contribution in [3.8, 4) is 5.75 Å². The molecule has 0 radical (unpaired) electrons. The van der Waals surface area contributed by atoms with Crippen LogP contribution in [-0.4, -0.2) is 52.3 Å². The number of amides is 2. The lowest BCUT2D eigenvalue weighted by Gasteiger charge is -2.31. The van der Waals surface area contributed by atoms with Crippen LogP contribution in [0.4, 0.5) is 0 Å². The first-order chi connectivity index (χ1) is 13.2. The molecule has 0 spiro atoms. The predicted molar refractivity (Wildman–Crippen MR) is 102 cm³/mol. The monoisotopic (exact) mass is 367 g/mol. The van der Waals surface area contributed by atoms with Crippen molar-refractivity contribution in [2.24, 2.45) is 0 Å². The van der Waals surface area contributed by atoms with Gasteiger partial charge in [0.1, 0.15) is 5.75 Å². The highest BCUT2D eigenvalue weighted by Crippen LogP contribution is 2.18. The van der Waals surface area contributed by atoms with Crippen LogP contribution in [0.15, 0.2) is 54.9 Å². The molecule has 0 N–H and O–H groups in total. The van der Waals surface area contributed by atoms with Gasteiger partial charge in [-0.15, -0.1) is 0 Å². The van der Waals surface area contributed by atoms with Crippen molar-refractivity contribution in [2.75, 3.05) is 19.7 Å². The zero-order chi connectivity index (χ0) is 19.1. The minimum absolute atomic E-state index is 0.00236. The van der Waals surface area contributed by atoms with Crippen LogP contribution < -0.4 is 4.74 Å². The van der Waals surface area contributed by atoms with E-state index < -0.39 is 0 Å². The molecular weight excluding hydrogens is 342 g/mol. The molecule has 142 valence electrons. The Labute approximate surface area is 159 Å². The summed E-state index contributed by atoms with van der Waals surface area (Å²) in [5.41, 5.74) is 1.10. The van der Waals surface area contributed by atoms with Gasteiger partial charge >= 0.3 is 0 Å². The fraction of sp³-hybridized carbons (Fsp3) is 0.381. The summed E-state index contributed by atoms with van der Waals surface area (Å²) in [6.45, 7) is 3.54. The normalized spacial score (nSPS) is 17.5. The maximum Gasteiger partial charge on any atom is 0.260 e. The lowest BCUT2D eigenvalue weighted by Crippen LogP contribution is -2.44. The molecule has 0 bridgehead atoms. The summed E-state index contributed by atoms with van der Waals surface area (Å²) in [6, 6.07) is 13.5. The standard InChI is InChI=1S/C21H25N3O3/c1-2-18-15-23(21(26)16-27-19-9-6-11-22-13-19)12-10-20(25)24(18)14-17-7-4-3-5-8-17/h3-9,11,13,18H,2,10,12,14-16H2,1H3/t18-/m1/s1. The first-order valence-corrected chi connectivity index (χ1v) is 9.31. The molecule has 2 amide bonds. The van der Waals surface area contributed by atoms with Crippen molar-refractivity contribution < 1.29 is 14.3 Å². The summed E-state index contributed by atoms with van der Waals surface area (Å²) in [4.78, 5) is 32.9. The number of carbonyl (C=O) groups excluding carboxylic acids is 2. The smallest absolute Gasteiger partial charge is 0.260 e. The Morgan fingerprint density at radius 1 is 1.22 bits per heavy atom. The van der Waals surface area contributed by atoms with Gasteiger partial charge in [0.25, 0.3) is 5.91 Å². The van der Waals surface area contributed by atoms with Gasteiger partial charge in [-0.2, -0.15) is 0 Å². The number of hydrogen-bond acceptors (Lipinski definition) is 4. The molecule has 1 aliphatic heterocycles. The predicted octanol–water partition coefficient (Wildman–Crippen LogP) is 2.50. The molecule has 3 rings (SSSR count). The molecule has 0 saturated carbocycles. The molecule has 1 aliphatic rings. The Balaban J connectivity index is 1.64. The largest absolute Gasteiger partial charge is 0.482 e. The molecule has 0 unspecified atom stereocenters. The van der Waals surface area contributed by atoms with Crippen molar-refractivity contribution in [3.05, 3.63) is 60.4 Å². The number of ether oxygens (including phenoxy) is 1. The number of rotatable bonds is 6. The van der Waals surface area contributed by atoms with Crippen LogP contribution in [0, 0.1) is 0 Å². The second kappa shape index (κ2) is 9.16. The van der Waals surface area contributed by atoms with Crippen LogP contribution in [0.25, 0.3) is 0 Å². The van der Waals surface area contributed by atoms with Crippen molar-refractivity contribution in [3.63, 3.8) is 0 Å². The van der Waals surface area contributed by atoms with Crippen molar-refractivity contribution in [1.29, 1.82) is 0 Å². The highest BCUT2D eigenvalue weighted by molar-refractivity contribution is 5.81. The Hall–Kier alpha value is -2.89. The van der Waals surface area contributed by atoms with Gasteiger partial charge in [-0.05, 0) is 24.1 Å². The first-order valence-electron chi connectivity index (χ1n) is 9.31. The van der Waals surface area contributed by atoms with Gasteiger partial charge in [0.05, 0.1) is 6.20 Å². The third-order valence-corrected chi connectivity index (χ3v) is 4.80. The van der Waals surface area contributed by atoms with Crippen LogP contribution in [0.3, 0.4) is 0 Å². The second-order valence-electron chi connectivity index (χ2n) is 6.64. The van der Waals surface area contributed by atoms with Crippen LogP contribution in [-0.2, 0) is 16.1 Å². The van der Waals surface area contributed by atoms with E-state index in [4.69, 9.17) is 4.74 Å². The fourth-order valence-corrected chi connectivity index (χ4v) is 3.26. The quantitative estimate of drug-likeness (QED) is 0.787. The van der Waals surface area contributed by atoms with E-state index in [1.807, 2.05) is 35.2 Å². The minimum atomic E-state index is -0.105. The summed E-state index contributed by atoms with van der Waals surface area (Å²) < 4.78 is 5.53. The lowest BCUT2D eigenvalue weighted by molar-refractivity contribution is -0.134. The van der Waals surface area contributed by atoms with Gasteiger partial charge in [0.15, 0.2) is 6.61 Å². The van der Waals surface area contributed by atoms with Crippen molar-refractivity contribution in [1.82, 2.24) is 14.8 Å². The summed E-state index contributed by atoms with van der Waals surface area (Å²) in [5.74, 6) is 0.551. The maximum absolute atomic E-state index is 12.7. The summed E-state index contributed by atoms with van der Waals surface area (Å²) >= 11 is 0. The van der Waals surface area contributed by atoms with E-state index in [1.54, 1.807) is 29.4 Å². The molecule has 0 aliphatic carbocycles. The third-order valence-electron chi connectivity index (χ3n) is 4.80. The number of nitrogens with zero attached hydrogens (tertiary/aromatic N) is 3. The van der Waals surface area contributed by atoms with Gasteiger partial charge < -0.3 is 14.5 Å². The van der Waals surface area contributed by atoms with E-state index >= 15 is 0 Å². The number of hydrogen-bond donors (Lipinski definition) is 0. The summed E-state index contributed by atoms with van der Waals surface area (Å²) in [7, 11) is 0. The van der Waals surface area contributed by atoms with Crippen molar-refractivity contribution in [2.45, 2.75) is 32.4 Å². The van der Waals surface area contributed by atoms with E-state index in [0.29, 0.717) is 31.8 Å². The molecular formula is C21H25N3O3. The summed E-state index contributed by atoms with van der Waals surface area (Å²) in [6.07, 6.45) is 4.37. The van der Waals surface area contributed by atoms with Gasteiger partial charge in [-0.1, -0.05) is 37.3 Å². The molecule has 1 saturated heterocycles. The van der Waals surface area contributed by atoms with E-state index in [2.05, 4.69) is 11.9 Å². The number of aromatic nitrogens is 1. The summed E-state index contributed by atoms with van der Waals surface area (Å²) in [5, 5.41) is 0. The molecule has 1 aromatic carbocycles. The number of carbonyl (C=O) groups is 2. The van der Waals surface area contributed by atoms with Crippen LogP contribution in [0.2, 0.25) is 0 Å². The Bertz CT molecular complexity index is 752. The molecule has 6 heteroatoms. The first kappa shape index (κ1) is 18.9. The topological polar surface area (TPSA) is 62.7 Å². The average Bonchev–Trinajstić information content (AvgIpc) is 2.87. The molecule has 2 aromatic rings. The number of benzene rings is 1. The van der Waals surface area contributed by atoms with E-state index in [1.165, 1.54) is 0 Å². The molecule has 27 heavy (non-hydrogen) atoms. The van der Waals surface area contributed by atoms with Gasteiger partial charge in [-0.3, -0.25) is 14.6 Å². The highest BCUT2D eigenvalue weighted by Gasteiger charge is 2.30. The Morgan fingerprint density at radius 3 is 2.74 bits per heavy atom. The van der Waals surface area contributed by atoms with E-state index in [0.717, 1.165) is 12.0 Å². The maximum atomic E-state index is 12.7. The third kappa shape index (κ3) is 5.06. The zero-order valence-electron chi connectivity index (χ0n) is 15.6. The van der Waals surface area contributed by atoms with Crippen molar-refractivity contribution >= 4 is 11.8 Å². The lowest BCUT2D eigenvalue weighted by atomic mass is 10.1. The fourth-order valence-electron chi connectivity index (χ4n) is 3.26. The van der Waals surface area contributed by atoms with E-state index in [9.17, 15) is 9.59 Å². The van der Waals surface area contributed by atoms with Gasteiger partial charge in [0, 0.05) is 38.3 Å². The van der Waals surface area contributed by atoms with E-state index in [-0.39, 0.29) is 24.5 Å². The van der Waals surface area contributed by atoms with Crippen LogP contribution in [0.1, 0.15) is 25.3 Å². The molecule has 1 aromatic heterocycles. The second-order valence-corrected chi connectivity index (χ2v) is 6.64. The molecule has 1 fully saturated rings. The van der Waals surface area contributed by atoms with Gasteiger partial charge in [0.2, 0.25) is 5.91 Å². The Morgan fingerprint density at radius 2 is 2.04 bits per heavy atom. The zero-order valence-corrected chi connectivity index (χ0v) is 15.6. The molecule has 6 nitrogen and oxygen atoms in total. The highest BCUT2D eigenvalue weighted by atomic mass is 16.5.